The van der Waals surface area contributed by atoms with E-state index in [1.165, 1.54) is 9.25 Å². The van der Waals surface area contributed by atoms with Gasteiger partial charge in [-0.1, -0.05) is 12.1 Å². The number of hydrogen-bond donors (Lipinski definition) is 0. The molecule has 166 valence electrons. The maximum atomic E-state index is 13.4. The fourth-order valence-corrected chi connectivity index (χ4v) is 4.44. The lowest BCUT2D eigenvalue weighted by Gasteiger charge is -2.28. The monoisotopic (exact) mass is 441 g/mol. The molecule has 1 saturated heterocycles. The van der Waals surface area contributed by atoms with E-state index < -0.39 is 24.6 Å². The summed E-state index contributed by atoms with van der Waals surface area (Å²) in [4.78, 5) is 37.0. The molecule has 3 aromatic heterocycles. The van der Waals surface area contributed by atoms with Crippen LogP contribution in [0.4, 0.5) is 14.7 Å². The molecule has 4 aromatic rings. The third-order valence-corrected chi connectivity index (χ3v) is 5.87. The van der Waals surface area contributed by atoms with Crippen molar-refractivity contribution in [1.29, 1.82) is 0 Å². The fourth-order valence-electron chi connectivity index (χ4n) is 4.44. The largest absolute Gasteiger partial charge is 0.332 e. The molecule has 0 aliphatic carbocycles. The molecule has 9 nitrogen and oxygen atoms in total. The topological polar surface area (TPSA) is 90.8 Å². The van der Waals surface area contributed by atoms with Gasteiger partial charge in [-0.05, 0) is 25.0 Å². The zero-order valence-electron chi connectivity index (χ0n) is 17.6. The molecule has 0 N–H and O–H groups in total. The molecule has 1 aromatic carbocycles. The molecular formula is C21H21F2N7O2. The second-order valence-corrected chi connectivity index (χ2v) is 7.96. The minimum atomic E-state index is -2.71. The average molecular weight is 441 g/mol. The summed E-state index contributed by atoms with van der Waals surface area (Å²) in [5.41, 5.74) is 0.0135. The number of aromatic nitrogens is 6. The standard InChI is InChI=1S/C21H21F2N7O2/c1-27-10-13-17(26-27)25-21(28(2)19(13)31)29-9-5-8-15(29)18-24-14-7-4-3-6-12(14)20(32)30(18)11-16(22)23/h3-4,6-7,10,15-16H,5,8-9,11H2,1-2H3. The summed E-state index contributed by atoms with van der Waals surface area (Å²) in [5, 5.41) is 4.94. The van der Waals surface area contributed by atoms with Crippen molar-refractivity contribution >= 4 is 27.9 Å². The summed E-state index contributed by atoms with van der Waals surface area (Å²) in [5.74, 6) is 0.622. The van der Waals surface area contributed by atoms with Gasteiger partial charge in [0.2, 0.25) is 5.95 Å². The highest BCUT2D eigenvalue weighted by Gasteiger charge is 2.34. The van der Waals surface area contributed by atoms with Crippen LogP contribution >= 0.6 is 0 Å². The predicted octanol–water partition coefficient (Wildman–Crippen LogP) is 1.98. The number of benzene rings is 1. The van der Waals surface area contributed by atoms with Gasteiger partial charge in [0.25, 0.3) is 17.5 Å². The smallest absolute Gasteiger partial charge is 0.265 e. The van der Waals surface area contributed by atoms with E-state index in [4.69, 9.17) is 0 Å². The Kier molecular flexibility index (Phi) is 4.75. The molecule has 1 aliphatic rings. The molecule has 11 heteroatoms. The van der Waals surface area contributed by atoms with Crippen molar-refractivity contribution in [2.24, 2.45) is 14.1 Å². The summed E-state index contributed by atoms with van der Waals surface area (Å²) in [6, 6.07) is 6.23. The van der Waals surface area contributed by atoms with Gasteiger partial charge < -0.3 is 4.90 Å². The summed E-state index contributed by atoms with van der Waals surface area (Å²) in [6.07, 6.45) is 0.222. The highest BCUT2D eigenvalue weighted by molar-refractivity contribution is 5.77. The Morgan fingerprint density at radius 2 is 1.88 bits per heavy atom. The molecule has 1 unspecified atom stereocenters. The molecule has 1 fully saturated rings. The van der Waals surface area contributed by atoms with Crippen LogP contribution in [-0.4, -0.2) is 41.9 Å². The molecule has 32 heavy (non-hydrogen) atoms. The van der Waals surface area contributed by atoms with Crippen LogP contribution in [0.25, 0.3) is 21.9 Å². The molecule has 5 rings (SSSR count). The van der Waals surface area contributed by atoms with Crippen molar-refractivity contribution in [1.82, 2.24) is 28.9 Å². The second kappa shape index (κ2) is 7.50. The number of aryl methyl sites for hydroxylation is 1. The summed E-state index contributed by atoms with van der Waals surface area (Å²) in [7, 11) is 3.33. The van der Waals surface area contributed by atoms with E-state index in [0.717, 1.165) is 11.0 Å². The van der Waals surface area contributed by atoms with Crippen molar-refractivity contribution in [3.63, 3.8) is 0 Å². The number of nitrogens with zero attached hydrogens (tertiary/aromatic N) is 7. The van der Waals surface area contributed by atoms with E-state index in [1.54, 1.807) is 44.6 Å². The van der Waals surface area contributed by atoms with Gasteiger partial charge in [0.15, 0.2) is 5.65 Å². The number of fused-ring (bicyclic) bond motifs is 2. The lowest BCUT2D eigenvalue weighted by molar-refractivity contribution is 0.123. The van der Waals surface area contributed by atoms with E-state index in [9.17, 15) is 18.4 Å². The lowest BCUT2D eigenvalue weighted by Crippen LogP contribution is -2.36. The molecule has 1 aliphatic heterocycles. The first kappa shape index (κ1) is 20.3. The third-order valence-electron chi connectivity index (χ3n) is 5.87. The quantitative estimate of drug-likeness (QED) is 0.481. The Bertz CT molecular complexity index is 1460. The van der Waals surface area contributed by atoms with Gasteiger partial charge in [0, 0.05) is 26.8 Å². The second-order valence-electron chi connectivity index (χ2n) is 7.96. The number of hydrogen-bond acceptors (Lipinski definition) is 6. The molecule has 1 atom stereocenters. The Labute approximate surface area is 180 Å². The van der Waals surface area contributed by atoms with Crippen LogP contribution in [-0.2, 0) is 20.6 Å². The average Bonchev–Trinajstić information content (AvgIpc) is 3.38. The molecule has 0 saturated carbocycles. The van der Waals surface area contributed by atoms with Gasteiger partial charge in [-0.3, -0.25) is 23.4 Å². The summed E-state index contributed by atoms with van der Waals surface area (Å²) < 4.78 is 30.8. The van der Waals surface area contributed by atoms with Crippen LogP contribution in [0, 0.1) is 0 Å². The van der Waals surface area contributed by atoms with E-state index >= 15 is 0 Å². The summed E-state index contributed by atoms with van der Waals surface area (Å²) >= 11 is 0. The van der Waals surface area contributed by atoms with Crippen LogP contribution < -0.4 is 16.0 Å². The SMILES string of the molecule is Cn1cc2c(=O)n(C)c(N3CCCC3c3nc4ccccc4c(=O)n3CC(F)F)nc2n1. The van der Waals surface area contributed by atoms with Gasteiger partial charge >= 0.3 is 0 Å². The first-order valence-electron chi connectivity index (χ1n) is 10.3. The van der Waals surface area contributed by atoms with Crippen LogP contribution in [0.1, 0.15) is 24.7 Å². The maximum Gasteiger partial charge on any atom is 0.265 e. The van der Waals surface area contributed by atoms with Gasteiger partial charge in [0.05, 0.1) is 23.5 Å². The first-order chi connectivity index (χ1) is 15.3. The van der Waals surface area contributed by atoms with Crippen molar-refractivity contribution in [3.05, 3.63) is 57.0 Å². The molecule has 0 bridgehead atoms. The predicted molar refractivity (Wildman–Crippen MR) is 115 cm³/mol. The third kappa shape index (κ3) is 3.15. The van der Waals surface area contributed by atoms with Gasteiger partial charge in [-0.2, -0.15) is 10.1 Å². The number of alkyl halides is 2. The van der Waals surface area contributed by atoms with E-state index in [-0.39, 0.29) is 11.4 Å². The molecule has 0 spiro atoms. The van der Waals surface area contributed by atoms with Crippen molar-refractivity contribution in [3.8, 4) is 0 Å². The van der Waals surface area contributed by atoms with E-state index in [2.05, 4.69) is 15.1 Å². The lowest BCUT2D eigenvalue weighted by atomic mass is 10.1. The highest BCUT2D eigenvalue weighted by atomic mass is 19.3. The van der Waals surface area contributed by atoms with Crippen LogP contribution in [0.5, 0.6) is 0 Å². The van der Waals surface area contributed by atoms with Crippen LogP contribution in [0.15, 0.2) is 40.1 Å². The van der Waals surface area contributed by atoms with E-state index in [0.29, 0.717) is 40.9 Å². The number of halogens is 2. The minimum Gasteiger partial charge on any atom is -0.332 e. The number of rotatable bonds is 4. The molecular weight excluding hydrogens is 420 g/mol. The fraction of sp³-hybridized carbons (Fsp3) is 0.381. The Morgan fingerprint density at radius 1 is 1.09 bits per heavy atom. The molecule has 0 radical (unpaired) electrons. The van der Waals surface area contributed by atoms with Crippen molar-refractivity contribution in [2.75, 3.05) is 11.4 Å². The van der Waals surface area contributed by atoms with Crippen LogP contribution in [0.3, 0.4) is 0 Å². The zero-order chi connectivity index (χ0) is 22.6. The molecule has 0 amide bonds. The normalized spacial score (nSPS) is 16.7. The van der Waals surface area contributed by atoms with E-state index in [1.807, 2.05) is 4.90 Å². The first-order valence-corrected chi connectivity index (χ1v) is 10.3. The minimum absolute atomic E-state index is 0.250. The number of para-hydroxylation sites is 1. The molecule has 4 heterocycles. The van der Waals surface area contributed by atoms with Crippen molar-refractivity contribution < 1.29 is 8.78 Å². The van der Waals surface area contributed by atoms with Gasteiger partial charge in [0.1, 0.15) is 11.2 Å². The van der Waals surface area contributed by atoms with Gasteiger partial charge in [-0.25, -0.2) is 13.8 Å². The maximum absolute atomic E-state index is 13.4. The Balaban J connectivity index is 1.70. The summed E-state index contributed by atoms with van der Waals surface area (Å²) in [6.45, 7) is -0.206. The number of anilines is 1. The van der Waals surface area contributed by atoms with Crippen LogP contribution in [0.2, 0.25) is 0 Å². The van der Waals surface area contributed by atoms with Gasteiger partial charge in [-0.15, -0.1) is 0 Å². The highest BCUT2D eigenvalue weighted by Crippen LogP contribution is 2.34. The Morgan fingerprint density at radius 3 is 2.66 bits per heavy atom. The van der Waals surface area contributed by atoms with Crippen molar-refractivity contribution in [2.45, 2.75) is 31.9 Å². The Hall–Kier alpha value is -3.63. The zero-order valence-corrected chi connectivity index (χ0v) is 17.6.